The van der Waals surface area contributed by atoms with Crippen LogP contribution in [0.1, 0.15) is 67.8 Å². The number of ether oxygens (including phenoxy) is 1. The summed E-state index contributed by atoms with van der Waals surface area (Å²) in [6.07, 6.45) is 5.74. The minimum absolute atomic E-state index is 0.112. The van der Waals surface area contributed by atoms with E-state index in [0.29, 0.717) is 13.0 Å². The van der Waals surface area contributed by atoms with Crippen LogP contribution in [0.25, 0.3) is 0 Å². The number of rotatable bonds is 5. The third-order valence-corrected chi connectivity index (χ3v) is 6.78. The van der Waals surface area contributed by atoms with Gasteiger partial charge in [0.2, 0.25) is 5.91 Å². The summed E-state index contributed by atoms with van der Waals surface area (Å²) in [5, 5.41) is 3.16. The molecule has 5 heteroatoms. The topological polar surface area (TPSA) is 58.6 Å². The second kappa shape index (κ2) is 9.13. The largest absolute Gasteiger partial charge is 0.445 e. The molecule has 2 unspecified atom stereocenters. The third-order valence-electron chi connectivity index (χ3n) is 6.78. The number of carbonyl (C=O) groups is 2. The predicted molar refractivity (Wildman–Crippen MR) is 121 cm³/mol. The fraction of sp³-hybridized carbons (Fsp3) is 0.462. The van der Waals surface area contributed by atoms with Crippen molar-refractivity contribution in [1.82, 2.24) is 10.2 Å². The fourth-order valence-corrected chi connectivity index (χ4v) is 4.75. The summed E-state index contributed by atoms with van der Waals surface area (Å²) < 4.78 is 5.52. The van der Waals surface area contributed by atoms with Crippen molar-refractivity contribution in [2.24, 2.45) is 0 Å². The number of benzene rings is 2. The third kappa shape index (κ3) is 4.60. The van der Waals surface area contributed by atoms with E-state index in [-0.39, 0.29) is 18.6 Å². The van der Waals surface area contributed by atoms with Crippen LogP contribution < -0.4 is 5.32 Å². The number of nitrogens with one attached hydrogen (secondary N) is 1. The maximum atomic E-state index is 13.3. The number of aryl methyl sites for hydroxylation is 2. The lowest BCUT2D eigenvalue weighted by atomic mass is 9.89. The van der Waals surface area contributed by atoms with Crippen molar-refractivity contribution in [3.63, 3.8) is 0 Å². The predicted octanol–water partition coefficient (Wildman–Crippen LogP) is 4.93. The summed E-state index contributed by atoms with van der Waals surface area (Å²) in [5.74, 6) is -0.119. The Balaban J connectivity index is 1.40. The Bertz CT molecular complexity index is 943. The second-order valence-corrected chi connectivity index (χ2v) is 9.00. The number of hydrogen-bond donors (Lipinski definition) is 1. The molecule has 0 aromatic heterocycles. The molecule has 1 aliphatic heterocycles. The maximum Gasteiger partial charge on any atom is 0.410 e. The molecule has 31 heavy (non-hydrogen) atoms. The molecular weight excluding hydrogens is 388 g/mol. The summed E-state index contributed by atoms with van der Waals surface area (Å²) in [6.45, 7) is 4.60. The minimum atomic E-state index is -0.893. The first kappa shape index (κ1) is 21.4. The van der Waals surface area contributed by atoms with Gasteiger partial charge in [0.25, 0.3) is 0 Å². The molecule has 2 atom stereocenters. The Labute approximate surface area is 184 Å². The zero-order valence-corrected chi connectivity index (χ0v) is 18.5. The summed E-state index contributed by atoms with van der Waals surface area (Å²) in [4.78, 5) is 27.6. The smallest absolute Gasteiger partial charge is 0.410 e. The van der Waals surface area contributed by atoms with Crippen LogP contribution in [0, 0.1) is 0 Å². The van der Waals surface area contributed by atoms with E-state index < -0.39 is 11.6 Å². The molecule has 1 saturated heterocycles. The number of fused-ring (bicyclic) bond motifs is 1. The highest BCUT2D eigenvalue weighted by molar-refractivity contribution is 5.90. The second-order valence-electron chi connectivity index (χ2n) is 9.00. The van der Waals surface area contributed by atoms with Crippen molar-refractivity contribution in [3.8, 4) is 0 Å². The van der Waals surface area contributed by atoms with Crippen LogP contribution in [0.4, 0.5) is 4.79 Å². The summed E-state index contributed by atoms with van der Waals surface area (Å²) in [7, 11) is 0. The molecular formula is C26H32N2O3. The van der Waals surface area contributed by atoms with Crippen LogP contribution in [0.5, 0.6) is 0 Å². The summed E-state index contributed by atoms with van der Waals surface area (Å²) in [5.41, 5.74) is 4.00. The van der Waals surface area contributed by atoms with Crippen molar-refractivity contribution in [2.45, 2.75) is 70.6 Å². The quantitative estimate of drug-likeness (QED) is 0.746. The normalized spacial score (nSPS) is 21.3. The molecule has 1 heterocycles. The van der Waals surface area contributed by atoms with Gasteiger partial charge in [-0.2, -0.15) is 0 Å². The van der Waals surface area contributed by atoms with Gasteiger partial charge in [0.1, 0.15) is 12.1 Å². The standard InChI is InChI=1S/C26H32N2O3/c1-19(22-14-13-21-11-6-7-12-23(21)17-22)27-24(29)26(2)15-8-16-28(26)25(30)31-18-20-9-4-3-5-10-20/h3-5,9-10,13-14,17,19H,6-8,11-12,15-16,18H2,1-2H3,(H,27,29). The molecule has 1 fully saturated rings. The van der Waals surface area contributed by atoms with E-state index in [1.807, 2.05) is 44.2 Å². The molecule has 1 aliphatic carbocycles. The van der Waals surface area contributed by atoms with Gasteiger partial charge in [-0.1, -0.05) is 48.5 Å². The van der Waals surface area contributed by atoms with E-state index in [9.17, 15) is 9.59 Å². The molecule has 5 nitrogen and oxygen atoms in total. The first-order chi connectivity index (χ1) is 15.0. The highest BCUT2D eigenvalue weighted by Crippen LogP contribution is 2.31. The Morgan fingerprint density at radius 1 is 1.06 bits per heavy atom. The zero-order valence-electron chi connectivity index (χ0n) is 18.5. The number of amides is 2. The minimum Gasteiger partial charge on any atom is -0.445 e. The van der Waals surface area contributed by atoms with Crippen molar-refractivity contribution in [1.29, 1.82) is 0 Å². The summed E-state index contributed by atoms with van der Waals surface area (Å²) >= 11 is 0. The molecule has 0 spiro atoms. The molecule has 0 radical (unpaired) electrons. The molecule has 2 aliphatic rings. The Kier molecular flexibility index (Phi) is 6.30. The van der Waals surface area contributed by atoms with Gasteiger partial charge in [0, 0.05) is 6.54 Å². The SMILES string of the molecule is CC(NC(=O)C1(C)CCCN1C(=O)OCc1ccccc1)c1ccc2c(c1)CCCC2. The van der Waals surface area contributed by atoms with Gasteiger partial charge in [-0.15, -0.1) is 0 Å². The number of hydrogen-bond acceptors (Lipinski definition) is 3. The van der Waals surface area contributed by atoms with E-state index in [1.165, 1.54) is 24.0 Å². The van der Waals surface area contributed by atoms with Gasteiger partial charge in [0.05, 0.1) is 6.04 Å². The number of likely N-dealkylation sites (tertiary alicyclic amines) is 1. The van der Waals surface area contributed by atoms with Crippen molar-refractivity contribution < 1.29 is 14.3 Å². The average molecular weight is 421 g/mol. The lowest BCUT2D eigenvalue weighted by Gasteiger charge is -2.34. The van der Waals surface area contributed by atoms with Crippen molar-refractivity contribution in [2.75, 3.05) is 6.54 Å². The Morgan fingerprint density at radius 2 is 1.81 bits per heavy atom. The molecule has 2 amide bonds. The van der Waals surface area contributed by atoms with Crippen molar-refractivity contribution >= 4 is 12.0 Å². The Morgan fingerprint density at radius 3 is 2.58 bits per heavy atom. The highest BCUT2D eigenvalue weighted by atomic mass is 16.6. The summed E-state index contributed by atoms with van der Waals surface area (Å²) in [6, 6.07) is 16.1. The van der Waals surface area contributed by atoms with E-state index in [2.05, 4.69) is 23.5 Å². The molecule has 4 rings (SSSR count). The van der Waals surface area contributed by atoms with E-state index in [0.717, 1.165) is 30.4 Å². The monoisotopic (exact) mass is 420 g/mol. The maximum absolute atomic E-state index is 13.3. The van der Waals surface area contributed by atoms with Crippen LogP contribution in [-0.4, -0.2) is 29.0 Å². The van der Waals surface area contributed by atoms with Crippen LogP contribution >= 0.6 is 0 Å². The van der Waals surface area contributed by atoms with Gasteiger partial charge in [-0.3, -0.25) is 9.69 Å². The molecule has 164 valence electrons. The lowest BCUT2D eigenvalue weighted by molar-refractivity contribution is -0.131. The first-order valence-electron chi connectivity index (χ1n) is 11.4. The molecule has 0 bridgehead atoms. The molecule has 1 N–H and O–H groups in total. The molecule has 2 aromatic rings. The first-order valence-corrected chi connectivity index (χ1v) is 11.4. The van der Waals surface area contributed by atoms with Crippen LogP contribution in [0.2, 0.25) is 0 Å². The van der Waals surface area contributed by atoms with E-state index >= 15 is 0 Å². The number of carbonyl (C=O) groups excluding carboxylic acids is 2. The Hall–Kier alpha value is -2.82. The highest BCUT2D eigenvalue weighted by Gasteiger charge is 2.46. The molecule has 2 aromatic carbocycles. The van der Waals surface area contributed by atoms with Crippen LogP contribution in [0.15, 0.2) is 48.5 Å². The van der Waals surface area contributed by atoms with Crippen molar-refractivity contribution in [3.05, 3.63) is 70.8 Å². The van der Waals surface area contributed by atoms with Gasteiger partial charge >= 0.3 is 6.09 Å². The van der Waals surface area contributed by atoms with Crippen LogP contribution in [-0.2, 0) is 29.0 Å². The average Bonchev–Trinajstić information content (AvgIpc) is 3.20. The molecule has 0 saturated carbocycles. The van der Waals surface area contributed by atoms with E-state index in [4.69, 9.17) is 4.74 Å². The van der Waals surface area contributed by atoms with Gasteiger partial charge < -0.3 is 10.1 Å². The lowest BCUT2D eigenvalue weighted by Crippen LogP contribution is -2.55. The van der Waals surface area contributed by atoms with Gasteiger partial charge in [0.15, 0.2) is 0 Å². The van der Waals surface area contributed by atoms with Gasteiger partial charge in [-0.25, -0.2) is 4.79 Å². The van der Waals surface area contributed by atoms with Gasteiger partial charge in [-0.05, 0) is 74.6 Å². The zero-order chi connectivity index (χ0) is 21.8. The van der Waals surface area contributed by atoms with E-state index in [1.54, 1.807) is 4.90 Å². The van der Waals surface area contributed by atoms with Crippen LogP contribution in [0.3, 0.4) is 0 Å². The fourth-order valence-electron chi connectivity index (χ4n) is 4.75. The number of nitrogens with zero attached hydrogens (tertiary/aromatic N) is 1.